The number of halogens is 2. The Bertz CT molecular complexity index is 1580. The number of likely N-dealkylation sites (N-methyl/N-ethyl adjacent to an activating group) is 1. The Morgan fingerprint density at radius 1 is 0.872 bits per heavy atom. The largest absolute Gasteiger partial charge is 0.306 e. The van der Waals surface area contributed by atoms with E-state index in [4.69, 9.17) is 23.2 Å². The van der Waals surface area contributed by atoms with Crippen molar-refractivity contribution in [2.24, 2.45) is 0 Å². The lowest BCUT2D eigenvalue weighted by atomic mass is 10.0. The third kappa shape index (κ3) is 4.98. The van der Waals surface area contributed by atoms with Crippen LogP contribution in [0.15, 0.2) is 66.7 Å². The van der Waals surface area contributed by atoms with Crippen LogP contribution in [0, 0.1) is 0 Å². The Labute approximate surface area is 235 Å². The van der Waals surface area contributed by atoms with Gasteiger partial charge >= 0.3 is 0 Å². The van der Waals surface area contributed by atoms with Gasteiger partial charge in [0.05, 0.1) is 28.4 Å². The lowest BCUT2D eigenvalue weighted by Crippen LogP contribution is -2.31. The van der Waals surface area contributed by atoms with Crippen LogP contribution in [0.2, 0.25) is 10.0 Å². The van der Waals surface area contributed by atoms with Crippen molar-refractivity contribution in [1.82, 2.24) is 24.6 Å². The summed E-state index contributed by atoms with van der Waals surface area (Å²) in [4.78, 5) is 43.2. The van der Waals surface area contributed by atoms with Crippen LogP contribution in [0.1, 0.15) is 55.2 Å². The van der Waals surface area contributed by atoms with Crippen LogP contribution in [-0.4, -0.2) is 62.3 Å². The Hall–Kier alpha value is -3.85. The summed E-state index contributed by atoms with van der Waals surface area (Å²) in [5, 5.41) is 9.51. The first-order valence-electron chi connectivity index (χ1n) is 12.3. The van der Waals surface area contributed by atoms with Crippen molar-refractivity contribution in [3.05, 3.63) is 111 Å². The van der Waals surface area contributed by atoms with E-state index in [1.807, 2.05) is 25.9 Å². The van der Waals surface area contributed by atoms with E-state index in [0.717, 1.165) is 4.90 Å². The quantitative estimate of drug-likeness (QED) is 0.220. The van der Waals surface area contributed by atoms with Gasteiger partial charge in [-0.1, -0.05) is 47.5 Å². The second-order valence-corrected chi connectivity index (χ2v) is 10.4. The summed E-state index contributed by atoms with van der Waals surface area (Å²) in [6, 6.07) is 18.5. The van der Waals surface area contributed by atoms with Gasteiger partial charge in [0.2, 0.25) is 0 Å². The summed E-state index contributed by atoms with van der Waals surface area (Å²) in [7, 11) is 3.92. The maximum Gasteiger partial charge on any atom is 0.261 e. The maximum atomic E-state index is 13.8. The predicted molar refractivity (Wildman–Crippen MR) is 149 cm³/mol. The first-order valence-corrected chi connectivity index (χ1v) is 13.1. The highest BCUT2D eigenvalue weighted by atomic mass is 35.5. The van der Waals surface area contributed by atoms with Gasteiger partial charge in [-0.2, -0.15) is 0 Å². The zero-order chi connectivity index (χ0) is 27.8. The standard InChI is InChI=1S/C29H25Cl2N5O3/c1-17(34(2)3)14-25-32-33-26(16-35-28(38)19-8-4-5-9-20(19)29(35)39)36(25)24-13-12-18(30)15-22(24)27(37)21-10-6-7-11-23(21)31/h4-13,15,17H,14,16H2,1-3H3. The molecule has 2 amide bonds. The molecule has 0 radical (unpaired) electrons. The molecule has 3 aromatic carbocycles. The first-order chi connectivity index (χ1) is 18.7. The molecule has 198 valence electrons. The molecule has 5 rings (SSSR count). The Balaban J connectivity index is 1.64. The molecule has 1 aliphatic rings. The molecule has 0 bridgehead atoms. The number of amides is 2. The number of rotatable bonds is 8. The highest BCUT2D eigenvalue weighted by Gasteiger charge is 2.36. The number of aromatic nitrogens is 3. The van der Waals surface area contributed by atoms with Crippen molar-refractivity contribution < 1.29 is 14.4 Å². The average molecular weight is 562 g/mol. The maximum absolute atomic E-state index is 13.8. The molecule has 0 fully saturated rings. The molecule has 0 spiro atoms. The summed E-state index contributed by atoms with van der Waals surface area (Å²) in [6.07, 6.45) is 0.491. The van der Waals surface area contributed by atoms with Gasteiger partial charge in [0, 0.05) is 28.6 Å². The molecule has 1 aliphatic heterocycles. The molecule has 1 atom stereocenters. The van der Waals surface area contributed by atoms with Crippen molar-refractivity contribution in [3.8, 4) is 5.69 Å². The number of carbonyl (C=O) groups is 3. The SMILES string of the molecule is CC(Cc1nnc(CN2C(=O)c3ccccc3C2=O)n1-c1ccc(Cl)cc1C(=O)c1ccccc1Cl)N(C)C. The first kappa shape index (κ1) is 26.7. The van der Waals surface area contributed by atoms with Crippen molar-refractivity contribution in [3.63, 3.8) is 0 Å². The van der Waals surface area contributed by atoms with Crippen molar-refractivity contribution in [2.45, 2.75) is 25.9 Å². The molecule has 0 N–H and O–H groups in total. The molecule has 10 heteroatoms. The van der Waals surface area contributed by atoms with E-state index in [2.05, 4.69) is 10.2 Å². The van der Waals surface area contributed by atoms with E-state index in [1.54, 1.807) is 71.3 Å². The van der Waals surface area contributed by atoms with E-state index in [0.29, 0.717) is 50.5 Å². The van der Waals surface area contributed by atoms with Gasteiger partial charge in [-0.25, -0.2) is 0 Å². The van der Waals surface area contributed by atoms with Crippen LogP contribution in [-0.2, 0) is 13.0 Å². The number of fused-ring (bicyclic) bond motifs is 1. The minimum atomic E-state index is -0.406. The van der Waals surface area contributed by atoms with Gasteiger partial charge in [-0.15, -0.1) is 10.2 Å². The summed E-state index contributed by atoms with van der Waals surface area (Å²) in [5.74, 6) is -0.238. The van der Waals surface area contributed by atoms with Gasteiger partial charge in [-0.05, 0) is 63.5 Å². The Kier molecular flexibility index (Phi) is 7.36. The average Bonchev–Trinajstić information content (AvgIpc) is 3.42. The molecule has 0 aliphatic carbocycles. The lowest BCUT2D eigenvalue weighted by molar-refractivity contribution is 0.0637. The molecule has 0 saturated carbocycles. The zero-order valence-electron chi connectivity index (χ0n) is 21.6. The minimum absolute atomic E-state index is 0.0788. The van der Waals surface area contributed by atoms with Gasteiger partial charge < -0.3 is 4.90 Å². The molecular formula is C29H25Cl2N5O3. The predicted octanol–water partition coefficient (Wildman–Crippen LogP) is 5.09. The molecule has 8 nitrogen and oxygen atoms in total. The summed E-state index contributed by atoms with van der Waals surface area (Å²) in [6.45, 7) is 1.92. The molecule has 39 heavy (non-hydrogen) atoms. The smallest absolute Gasteiger partial charge is 0.261 e. The third-order valence-electron chi connectivity index (χ3n) is 6.90. The second kappa shape index (κ2) is 10.7. The fourth-order valence-corrected chi connectivity index (χ4v) is 4.91. The van der Waals surface area contributed by atoms with E-state index < -0.39 is 11.8 Å². The Morgan fingerprint density at radius 2 is 1.49 bits per heavy atom. The number of carbonyl (C=O) groups excluding carboxylic acids is 3. The van der Waals surface area contributed by atoms with E-state index in [1.165, 1.54) is 0 Å². The molecular weight excluding hydrogens is 537 g/mol. The van der Waals surface area contributed by atoms with Gasteiger partial charge in [-0.3, -0.25) is 23.9 Å². The number of ketones is 1. The van der Waals surface area contributed by atoms with E-state index in [9.17, 15) is 14.4 Å². The van der Waals surface area contributed by atoms with Crippen LogP contribution < -0.4 is 0 Å². The monoisotopic (exact) mass is 561 g/mol. The van der Waals surface area contributed by atoms with Crippen LogP contribution >= 0.6 is 23.2 Å². The third-order valence-corrected chi connectivity index (χ3v) is 7.46. The lowest BCUT2D eigenvalue weighted by Gasteiger charge is -2.21. The minimum Gasteiger partial charge on any atom is -0.306 e. The number of imide groups is 1. The summed E-state index contributed by atoms with van der Waals surface area (Å²) >= 11 is 12.7. The second-order valence-electron chi connectivity index (χ2n) is 9.60. The topological polar surface area (TPSA) is 88.4 Å². The van der Waals surface area contributed by atoms with Crippen LogP contribution in [0.4, 0.5) is 0 Å². The molecule has 0 saturated heterocycles. The van der Waals surface area contributed by atoms with Gasteiger partial charge in [0.1, 0.15) is 5.82 Å². The molecule has 2 heterocycles. The number of nitrogens with zero attached hydrogens (tertiary/aromatic N) is 5. The molecule has 4 aromatic rings. The number of benzene rings is 3. The fraction of sp³-hybridized carbons (Fsp3) is 0.207. The highest BCUT2D eigenvalue weighted by molar-refractivity contribution is 6.35. The van der Waals surface area contributed by atoms with Crippen LogP contribution in [0.3, 0.4) is 0 Å². The van der Waals surface area contributed by atoms with Gasteiger partial charge in [0.25, 0.3) is 11.8 Å². The number of hydrogen-bond donors (Lipinski definition) is 0. The van der Waals surface area contributed by atoms with Crippen molar-refractivity contribution in [1.29, 1.82) is 0 Å². The fourth-order valence-electron chi connectivity index (χ4n) is 4.51. The summed E-state index contributed by atoms with van der Waals surface area (Å²) < 4.78 is 1.74. The van der Waals surface area contributed by atoms with E-state index in [-0.39, 0.29) is 23.9 Å². The van der Waals surface area contributed by atoms with Gasteiger partial charge in [0.15, 0.2) is 11.6 Å². The zero-order valence-corrected chi connectivity index (χ0v) is 23.1. The molecule has 1 aromatic heterocycles. The summed E-state index contributed by atoms with van der Waals surface area (Å²) in [5.41, 5.74) is 1.77. The van der Waals surface area contributed by atoms with Crippen LogP contribution in [0.25, 0.3) is 5.69 Å². The normalized spacial score (nSPS) is 13.7. The number of hydrogen-bond acceptors (Lipinski definition) is 6. The van der Waals surface area contributed by atoms with Crippen molar-refractivity contribution >= 4 is 40.8 Å². The highest BCUT2D eigenvalue weighted by Crippen LogP contribution is 2.30. The van der Waals surface area contributed by atoms with Crippen LogP contribution in [0.5, 0.6) is 0 Å². The Morgan fingerprint density at radius 3 is 2.13 bits per heavy atom. The van der Waals surface area contributed by atoms with Crippen molar-refractivity contribution in [2.75, 3.05) is 14.1 Å². The molecule has 1 unspecified atom stereocenters. The van der Waals surface area contributed by atoms with E-state index >= 15 is 0 Å².